The van der Waals surface area contributed by atoms with Crippen LogP contribution in [0.4, 0.5) is 5.82 Å². The van der Waals surface area contributed by atoms with E-state index in [9.17, 15) is 8.42 Å². The van der Waals surface area contributed by atoms with Crippen molar-refractivity contribution in [1.82, 2.24) is 28.5 Å². The van der Waals surface area contributed by atoms with Gasteiger partial charge in [0, 0.05) is 32.2 Å². The Balaban J connectivity index is 1.80. The molecule has 0 radical (unpaired) electrons. The van der Waals surface area contributed by atoms with Crippen LogP contribution in [-0.2, 0) is 16.8 Å². The molecule has 1 fully saturated rings. The molecule has 2 aromatic rings. The number of anilines is 1. The van der Waals surface area contributed by atoms with Crippen molar-refractivity contribution in [3.8, 4) is 0 Å². The highest BCUT2D eigenvalue weighted by Gasteiger charge is 2.31. The number of aryl methyl sites for hydroxylation is 1. The Morgan fingerprint density at radius 2 is 2.17 bits per heavy atom. The van der Waals surface area contributed by atoms with E-state index in [2.05, 4.69) is 25.0 Å². The summed E-state index contributed by atoms with van der Waals surface area (Å²) in [5, 5.41) is 3.40. The third kappa shape index (κ3) is 3.32. The fourth-order valence-electron chi connectivity index (χ4n) is 2.78. The van der Waals surface area contributed by atoms with Crippen LogP contribution in [0.25, 0.3) is 11.2 Å². The minimum Gasteiger partial charge on any atom is -0.364 e. The van der Waals surface area contributed by atoms with Crippen LogP contribution in [0.3, 0.4) is 0 Å². The van der Waals surface area contributed by atoms with E-state index in [1.807, 2.05) is 11.5 Å². The third-order valence-corrected chi connectivity index (χ3v) is 5.77. The molecule has 3 heterocycles. The van der Waals surface area contributed by atoms with Crippen molar-refractivity contribution in [3.05, 3.63) is 11.6 Å². The van der Waals surface area contributed by atoms with E-state index in [0.29, 0.717) is 43.0 Å². The minimum absolute atomic E-state index is 0.0561. The van der Waals surface area contributed by atoms with Crippen LogP contribution < -0.4 is 10.0 Å². The average Bonchev–Trinajstić information content (AvgIpc) is 3.14. The van der Waals surface area contributed by atoms with Crippen molar-refractivity contribution in [3.63, 3.8) is 0 Å². The van der Waals surface area contributed by atoms with Crippen LogP contribution in [0, 0.1) is 0 Å². The van der Waals surface area contributed by atoms with Gasteiger partial charge in [0.15, 0.2) is 17.0 Å². The molecule has 1 atom stereocenters. The number of aromatic nitrogens is 4. The van der Waals surface area contributed by atoms with E-state index in [0.717, 1.165) is 6.54 Å². The van der Waals surface area contributed by atoms with Gasteiger partial charge in [0.05, 0.1) is 6.33 Å². The fraction of sp³-hybridized carbons (Fsp3) is 0.615. The summed E-state index contributed by atoms with van der Waals surface area (Å²) in [6.07, 6.45) is 2.37. The summed E-state index contributed by atoms with van der Waals surface area (Å²) in [6.45, 7) is 5.66. The zero-order chi connectivity index (χ0) is 17.3. The van der Waals surface area contributed by atoms with Gasteiger partial charge in [0.25, 0.3) is 10.2 Å². The maximum Gasteiger partial charge on any atom is 0.279 e. The quantitative estimate of drug-likeness (QED) is 0.727. The topological polar surface area (TPSA) is 105 Å². The van der Waals surface area contributed by atoms with E-state index in [-0.39, 0.29) is 11.3 Å². The van der Waals surface area contributed by atoms with E-state index in [1.54, 1.807) is 13.3 Å². The monoisotopic (exact) mass is 373 g/mol. The molecular formula is C13H20ClN7O2S. The Kier molecular flexibility index (Phi) is 4.90. The summed E-state index contributed by atoms with van der Waals surface area (Å²) in [6, 6.07) is -0.0561. The van der Waals surface area contributed by atoms with Crippen molar-refractivity contribution < 1.29 is 8.42 Å². The van der Waals surface area contributed by atoms with E-state index >= 15 is 0 Å². The van der Waals surface area contributed by atoms with Gasteiger partial charge in [-0.25, -0.2) is 9.71 Å². The van der Waals surface area contributed by atoms with Crippen molar-refractivity contribution in [1.29, 1.82) is 0 Å². The Hall–Kier alpha value is -1.49. The van der Waals surface area contributed by atoms with Gasteiger partial charge < -0.3 is 9.88 Å². The van der Waals surface area contributed by atoms with Crippen LogP contribution in [0.5, 0.6) is 0 Å². The zero-order valence-corrected chi connectivity index (χ0v) is 15.1. The van der Waals surface area contributed by atoms with Gasteiger partial charge in [-0.05, 0) is 24.9 Å². The summed E-state index contributed by atoms with van der Waals surface area (Å²) < 4.78 is 29.9. The Bertz CT molecular complexity index is 838. The molecule has 1 aliphatic rings. The smallest absolute Gasteiger partial charge is 0.279 e. The Morgan fingerprint density at radius 3 is 2.88 bits per heavy atom. The summed E-state index contributed by atoms with van der Waals surface area (Å²) >= 11 is 6.02. The molecule has 0 spiro atoms. The van der Waals surface area contributed by atoms with Gasteiger partial charge in [0.1, 0.15) is 0 Å². The first-order chi connectivity index (χ1) is 11.4. The number of hydrogen-bond acceptors (Lipinski definition) is 6. The molecule has 1 aliphatic heterocycles. The number of halogens is 1. The molecule has 0 unspecified atom stereocenters. The van der Waals surface area contributed by atoms with Gasteiger partial charge in [-0.15, -0.1) is 0 Å². The second-order valence-corrected chi connectivity index (χ2v) is 7.63. The molecule has 0 bridgehead atoms. The van der Waals surface area contributed by atoms with Crippen LogP contribution in [-0.4, -0.2) is 57.9 Å². The van der Waals surface area contributed by atoms with E-state index < -0.39 is 10.2 Å². The maximum absolute atomic E-state index is 12.1. The molecule has 2 N–H and O–H groups in total. The van der Waals surface area contributed by atoms with Crippen molar-refractivity contribution in [2.24, 2.45) is 0 Å². The number of fused-ring (bicyclic) bond motifs is 1. The molecule has 11 heteroatoms. The molecule has 0 aliphatic carbocycles. The van der Waals surface area contributed by atoms with Gasteiger partial charge in [-0.3, -0.25) is 0 Å². The molecule has 0 aromatic carbocycles. The van der Waals surface area contributed by atoms with Crippen LogP contribution in [0.15, 0.2) is 6.33 Å². The second-order valence-electron chi connectivity index (χ2n) is 5.53. The van der Waals surface area contributed by atoms with Crippen LogP contribution in [0.2, 0.25) is 5.28 Å². The van der Waals surface area contributed by atoms with Gasteiger partial charge >= 0.3 is 0 Å². The highest BCUT2D eigenvalue weighted by Crippen LogP contribution is 2.24. The lowest BCUT2D eigenvalue weighted by Gasteiger charge is -2.17. The van der Waals surface area contributed by atoms with Gasteiger partial charge in [-0.1, -0.05) is 6.92 Å². The highest BCUT2D eigenvalue weighted by molar-refractivity contribution is 7.87. The molecular weight excluding hydrogens is 354 g/mol. The predicted molar refractivity (Wildman–Crippen MR) is 92.2 cm³/mol. The normalized spacial score (nSPS) is 19.2. The lowest BCUT2D eigenvalue weighted by molar-refractivity contribution is 0.464. The second kappa shape index (κ2) is 6.79. The van der Waals surface area contributed by atoms with E-state index in [1.165, 1.54) is 4.31 Å². The molecule has 0 saturated carbocycles. The number of hydrogen-bond donors (Lipinski definition) is 2. The highest BCUT2D eigenvalue weighted by atomic mass is 35.5. The first-order valence-electron chi connectivity index (χ1n) is 7.84. The Morgan fingerprint density at radius 1 is 1.38 bits per heavy atom. The summed E-state index contributed by atoms with van der Waals surface area (Å²) in [5.41, 5.74) is 1.30. The zero-order valence-electron chi connectivity index (χ0n) is 13.5. The molecule has 1 saturated heterocycles. The molecule has 24 heavy (non-hydrogen) atoms. The van der Waals surface area contributed by atoms with Crippen molar-refractivity contribution in [2.45, 2.75) is 32.9 Å². The van der Waals surface area contributed by atoms with E-state index in [4.69, 9.17) is 11.6 Å². The third-order valence-electron chi connectivity index (χ3n) is 3.94. The summed E-state index contributed by atoms with van der Waals surface area (Å²) in [4.78, 5) is 12.8. The predicted octanol–water partition coefficient (Wildman–Crippen LogP) is 0.840. The molecule has 9 nitrogen and oxygen atoms in total. The number of imidazole rings is 1. The van der Waals surface area contributed by atoms with Crippen LogP contribution >= 0.6 is 11.6 Å². The molecule has 2 aromatic heterocycles. The fourth-order valence-corrected chi connectivity index (χ4v) is 4.22. The Labute approximate surface area is 145 Å². The lowest BCUT2D eigenvalue weighted by atomic mass is 10.2. The van der Waals surface area contributed by atoms with Crippen LogP contribution in [0.1, 0.15) is 20.3 Å². The van der Waals surface area contributed by atoms with Gasteiger partial charge in [0.2, 0.25) is 5.28 Å². The summed E-state index contributed by atoms with van der Waals surface area (Å²) in [5.74, 6) is 0.532. The molecule has 3 rings (SSSR count). The first-order valence-corrected chi connectivity index (χ1v) is 9.66. The largest absolute Gasteiger partial charge is 0.364 e. The van der Waals surface area contributed by atoms with Crippen molar-refractivity contribution >= 4 is 38.8 Å². The standard InChI is InChI=1S/C13H20ClN7O2S/c1-3-16-24(22,23)21-6-5-9(7-21)17-11-10-12(19-13(14)18-11)20(4-2)8-15-10/h8-9,16H,3-7H2,1-2H3,(H,17,18,19)/t9-/m0/s1. The van der Waals surface area contributed by atoms with Crippen molar-refractivity contribution in [2.75, 3.05) is 25.0 Å². The van der Waals surface area contributed by atoms with Gasteiger partial charge in [-0.2, -0.15) is 22.7 Å². The minimum atomic E-state index is -3.42. The lowest BCUT2D eigenvalue weighted by Crippen LogP contribution is -2.40. The average molecular weight is 374 g/mol. The molecule has 0 amide bonds. The number of nitrogens with zero attached hydrogens (tertiary/aromatic N) is 5. The number of nitrogens with one attached hydrogen (secondary N) is 2. The SMILES string of the molecule is CCNS(=O)(=O)N1CC[C@H](Nc2nc(Cl)nc3c2ncn3CC)C1. The number of rotatable bonds is 6. The first kappa shape index (κ1) is 17.3. The molecule has 132 valence electrons. The summed E-state index contributed by atoms with van der Waals surface area (Å²) in [7, 11) is -3.42. The maximum atomic E-state index is 12.1.